The van der Waals surface area contributed by atoms with Gasteiger partial charge in [-0.1, -0.05) is 0 Å². The van der Waals surface area contributed by atoms with Gasteiger partial charge in [-0.25, -0.2) is 0 Å². The van der Waals surface area contributed by atoms with Crippen LogP contribution in [0.3, 0.4) is 0 Å². The number of carbonyl (C=O) groups is 1. The van der Waals surface area contributed by atoms with Gasteiger partial charge in [0, 0.05) is 20.1 Å². The highest BCUT2D eigenvalue weighted by molar-refractivity contribution is 7.10. The van der Waals surface area contributed by atoms with Crippen LogP contribution in [0.15, 0.2) is 0 Å². The van der Waals surface area contributed by atoms with Crippen LogP contribution in [-0.4, -0.2) is 41.9 Å². The van der Waals surface area contributed by atoms with E-state index in [0.29, 0.717) is 10.6 Å². The molecule has 1 fully saturated rings. The highest BCUT2D eigenvalue weighted by atomic mass is 32.1. The van der Waals surface area contributed by atoms with Crippen molar-refractivity contribution in [3.8, 4) is 6.07 Å². The van der Waals surface area contributed by atoms with Crippen LogP contribution < -0.4 is 10.6 Å². The number of nitriles is 1. The number of anilines is 2. The molecule has 1 aliphatic rings. The van der Waals surface area contributed by atoms with Crippen LogP contribution in [0.1, 0.15) is 18.4 Å². The van der Waals surface area contributed by atoms with E-state index in [1.165, 1.54) is 0 Å². The van der Waals surface area contributed by atoms with Gasteiger partial charge in [-0.15, -0.1) is 0 Å². The van der Waals surface area contributed by atoms with E-state index in [4.69, 9.17) is 11.0 Å². The fraction of sp³-hybridized carbons (Fsp3) is 0.545. The van der Waals surface area contributed by atoms with Crippen LogP contribution in [-0.2, 0) is 4.79 Å². The van der Waals surface area contributed by atoms with Gasteiger partial charge in [0.2, 0.25) is 5.91 Å². The van der Waals surface area contributed by atoms with Crippen molar-refractivity contribution < 1.29 is 4.79 Å². The maximum Gasteiger partial charge on any atom is 0.242 e. The molecular weight excluding hydrogens is 250 g/mol. The summed E-state index contributed by atoms with van der Waals surface area (Å²) in [4.78, 5) is 15.6. The summed E-state index contributed by atoms with van der Waals surface area (Å²) in [6.07, 6.45) is 2.15. The molecule has 96 valence electrons. The van der Waals surface area contributed by atoms with Gasteiger partial charge in [-0.2, -0.15) is 9.64 Å². The Bertz CT molecular complexity index is 486. The van der Waals surface area contributed by atoms with E-state index < -0.39 is 0 Å². The van der Waals surface area contributed by atoms with Gasteiger partial charge in [0.15, 0.2) is 5.82 Å². The predicted molar refractivity (Wildman–Crippen MR) is 70.3 cm³/mol. The molecule has 0 aromatic carbocycles. The van der Waals surface area contributed by atoms with Crippen LogP contribution in [0, 0.1) is 11.3 Å². The minimum absolute atomic E-state index is 0.0888. The van der Waals surface area contributed by atoms with Gasteiger partial charge in [0.05, 0.1) is 6.54 Å². The largest absolute Gasteiger partial charge is 0.382 e. The molecule has 0 unspecified atom stereocenters. The first kappa shape index (κ1) is 12.6. The average molecular weight is 265 g/mol. The molecule has 0 bridgehead atoms. The maximum atomic E-state index is 12.0. The van der Waals surface area contributed by atoms with Gasteiger partial charge >= 0.3 is 0 Å². The quantitative estimate of drug-likeness (QED) is 0.867. The molecule has 7 heteroatoms. The Morgan fingerprint density at radius 3 is 2.89 bits per heavy atom. The Morgan fingerprint density at radius 1 is 1.61 bits per heavy atom. The molecule has 0 spiro atoms. The molecule has 0 radical (unpaired) electrons. The van der Waals surface area contributed by atoms with E-state index in [2.05, 4.69) is 4.37 Å². The molecule has 1 aromatic heterocycles. The number of likely N-dealkylation sites (tertiary alicyclic amines) is 1. The summed E-state index contributed by atoms with van der Waals surface area (Å²) in [5.41, 5.74) is 5.96. The number of nitrogens with zero attached hydrogens (tertiary/aromatic N) is 4. The highest BCUT2D eigenvalue weighted by Gasteiger charge is 2.22. The molecular formula is C11H15N5OS. The van der Waals surface area contributed by atoms with Crippen molar-refractivity contribution in [3.63, 3.8) is 0 Å². The summed E-state index contributed by atoms with van der Waals surface area (Å²) >= 11 is 1.15. The van der Waals surface area contributed by atoms with E-state index >= 15 is 0 Å². The molecule has 1 aliphatic heterocycles. The number of carbonyl (C=O) groups excluding carboxylic acids is 1. The van der Waals surface area contributed by atoms with Crippen LogP contribution in [0.25, 0.3) is 0 Å². The Balaban J connectivity index is 2.05. The van der Waals surface area contributed by atoms with Crippen molar-refractivity contribution >= 4 is 28.3 Å². The number of nitrogen functional groups attached to an aromatic ring is 1. The lowest BCUT2D eigenvalue weighted by Gasteiger charge is -2.21. The van der Waals surface area contributed by atoms with E-state index in [0.717, 1.165) is 37.5 Å². The summed E-state index contributed by atoms with van der Waals surface area (Å²) in [7, 11) is 1.78. The monoisotopic (exact) mass is 265 g/mol. The number of nitrogens with two attached hydrogens (primary N) is 1. The molecule has 6 nitrogen and oxygen atoms in total. The number of hydrogen-bond acceptors (Lipinski definition) is 6. The minimum Gasteiger partial charge on any atom is -0.382 e. The normalized spacial score (nSPS) is 14.6. The fourth-order valence-corrected chi connectivity index (χ4v) is 2.72. The first-order valence-electron chi connectivity index (χ1n) is 5.77. The zero-order chi connectivity index (χ0) is 13.1. The molecule has 18 heavy (non-hydrogen) atoms. The lowest BCUT2D eigenvalue weighted by Crippen LogP contribution is -2.37. The van der Waals surface area contributed by atoms with Gasteiger partial charge in [0.25, 0.3) is 0 Å². The topological polar surface area (TPSA) is 86.2 Å². The molecule has 2 rings (SSSR count). The number of aromatic nitrogens is 1. The number of rotatable bonds is 3. The summed E-state index contributed by atoms with van der Waals surface area (Å²) in [5.74, 6) is 0.323. The first-order chi connectivity index (χ1) is 8.63. The minimum atomic E-state index is 0.0888. The number of hydrogen-bond donors (Lipinski definition) is 1. The Kier molecular flexibility index (Phi) is 3.67. The van der Waals surface area contributed by atoms with Gasteiger partial charge in [0.1, 0.15) is 16.6 Å². The van der Waals surface area contributed by atoms with Crippen molar-refractivity contribution in [1.82, 2.24) is 9.27 Å². The van der Waals surface area contributed by atoms with E-state index in [1.807, 2.05) is 11.0 Å². The van der Waals surface area contributed by atoms with Crippen LogP contribution >= 0.6 is 11.5 Å². The molecule has 2 N–H and O–H groups in total. The predicted octanol–water partition coefficient (Wildman–Crippen LogP) is 0.656. The third-order valence-corrected chi connectivity index (χ3v) is 3.97. The van der Waals surface area contributed by atoms with E-state index in [1.54, 1.807) is 11.9 Å². The van der Waals surface area contributed by atoms with E-state index in [-0.39, 0.29) is 18.3 Å². The van der Waals surface area contributed by atoms with Crippen LogP contribution in [0.4, 0.5) is 10.8 Å². The average Bonchev–Trinajstić information content (AvgIpc) is 2.97. The van der Waals surface area contributed by atoms with Gasteiger partial charge < -0.3 is 15.5 Å². The first-order valence-corrected chi connectivity index (χ1v) is 6.55. The van der Waals surface area contributed by atoms with E-state index in [9.17, 15) is 4.79 Å². The second-order valence-electron chi connectivity index (χ2n) is 4.30. The Morgan fingerprint density at radius 2 is 2.28 bits per heavy atom. The summed E-state index contributed by atoms with van der Waals surface area (Å²) < 4.78 is 3.94. The molecule has 1 amide bonds. The lowest BCUT2D eigenvalue weighted by atomic mass is 10.3. The highest BCUT2D eigenvalue weighted by Crippen LogP contribution is 2.28. The number of amides is 1. The van der Waals surface area contributed by atoms with Crippen molar-refractivity contribution in [2.24, 2.45) is 0 Å². The Labute approximate surface area is 110 Å². The summed E-state index contributed by atoms with van der Waals surface area (Å²) in [6, 6.07) is 2.02. The molecule has 0 aliphatic carbocycles. The summed E-state index contributed by atoms with van der Waals surface area (Å²) in [5, 5.41) is 9.65. The molecule has 2 heterocycles. The maximum absolute atomic E-state index is 12.0. The second kappa shape index (κ2) is 5.23. The van der Waals surface area contributed by atoms with Gasteiger partial charge in [-0.05, 0) is 24.4 Å². The van der Waals surface area contributed by atoms with Crippen LogP contribution in [0.5, 0.6) is 0 Å². The lowest BCUT2D eigenvalue weighted by molar-refractivity contribution is -0.128. The zero-order valence-electron chi connectivity index (χ0n) is 10.2. The smallest absolute Gasteiger partial charge is 0.242 e. The van der Waals surface area contributed by atoms with Gasteiger partial charge in [-0.3, -0.25) is 4.79 Å². The van der Waals surface area contributed by atoms with Crippen molar-refractivity contribution in [2.75, 3.05) is 37.3 Å². The zero-order valence-corrected chi connectivity index (χ0v) is 11.0. The molecule has 0 saturated carbocycles. The van der Waals surface area contributed by atoms with Crippen molar-refractivity contribution in [2.45, 2.75) is 12.8 Å². The SMILES string of the molecule is CN(CC(=O)N1CCCC1)c1snc(N)c1C#N. The number of likely N-dealkylation sites (N-methyl/N-ethyl adjacent to an activating group) is 1. The Hall–Kier alpha value is -1.81. The summed E-state index contributed by atoms with van der Waals surface area (Å²) in [6.45, 7) is 1.93. The van der Waals surface area contributed by atoms with Crippen molar-refractivity contribution in [3.05, 3.63) is 5.56 Å². The second-order valence-corrected chi connectivity index (χ2v) is 5.06. The standard InChI is InChI=1S/C11H15N5OS/c1-15(7-9(17)16-4-2-3-5-16)11-8(6-12)10(13)14-18-11/h2-5,7H2,1H3,(H2,13,14). The fourth-order valence-electron chi connectivity index (χ4n) is 2.00. The van der Waals surface area contributed by atoms with Crippen LogP contribution in [0.2, 0.25) is 0 Å². The molecule has 0 atom stereocenters. The molecule has 1 saturated heterocycles. The molecule has 1 aromatic rings. The third kappa shape index (κ3) is 2.38. The third-order valence-electron chi connectivity index (χ3n) is 2.99. The van der Waals surface area contributed by atoms with Crippen molar-refractivity contribution in [1.29, 1.82) is 5.26 Å².